The van der Waals surface area contributed by atoms with Gasteiger partial charge in [0, 0.05) is 11.8 Å². The summed E-state index contributed by atoms with van der Waals surface area (Å²) in [6.45, 7) is 7.55. The molecule has 0 spiro atoms. The Bertz CT molecular complexity index is 237. The van der Waals surface area contributed by atoms with Crippen LogP contribution in [0, 0.1) is 5.41 Å². The van der Waals surface area contributed by atoms with Gasteiger partial charge in [-0.15, -0.1) is 0 Å². The first-order valence-corrected chi connectivity index (χ1v) is 5.78. The average molecular weight is 230 g/mol. The smallest absolute Gasteiger partial charge is 0.305 e. The van der Waals surface area contributed by atoms with Crippen LogP contribution in [0.4, 0.5) is 0 Å². The number of hydrogen-bond acceptors (Lipinski definition) is 4. The molecular formula is C12H22O4. The molecule has 1 aliphatic rings. The summed E-state index contributed by atoms with van der Waals surface area (Å²) in [4.78, 5) is 11.1. The molecule has 0 amide bonds. The maximum atomic E-state index is 11.1. The van der Waals surface area contributed by atoms with Gasteiger partial charge in [-0.25, -0.2) is 0 Å². The summed E-state index contributed by atoms with van der Waals surface area (Å²) in [6.07, 6.45) is 1.65. The first-order chi connectivity index (χ1) is 7.43. The molecule has 1 aliphatic heterocycles. The van der Waals surface area contributed by atoms with Crippen molar-refractivity contribution in [3.05, 3.63) is 0 Å². The molecule has 0 bridgehead atoms. The summed E-state index contributed by atoms with van der Waals surface area (Å²) in [5.41, 5.74) is 0.0595. The van der Waals surface area contributed by atoms with Crippen LogP contribution in [0.15, 0.2) is 0 Å². The van der Waals surface area contributed by atoms with Crippen LogP contribution in [0.1, 0.15) is 40.0 Å². The number of rotatable bonds is 4. The molecule has 0 atom stereocenters. The Morgan fingerprint density at radius 1 is 1.31 bits per heavy atom. The molecule has 4 heteroatoms. The number of ether oxygens (including phenoxy) is 3. The van der Waals surface area contributed by atoms with Crippen LogP contribution in [0.2, 0.25) is 0 Å². The molecule has 4 nitrogen and oxygen atoms in total. The zero-order valence-corrected chi connectivity index (χ0v) is 10.7. The monoisotopic (exact) mass is 230 g/mol. The van der Waals surface area contributed by atoms with Crippen LogP contribution in [0.5, 0.6) is 0 Å². The van der Waals surface area contributed by atoms with E-state index in [1.54, 1.807) is 0 Å². The highest BCUT2D eigenvalue weighted by Gasteiger charge is 2.39. The van der Waals surface area contributed by atoms with Gasteiger partial charge in [0.1, 0.15) is 0 Å². The summed E-state index contributed by atoms with van der Waals surface area (Å²) in [6, 6.07) is 0. The van der Waals surface area contributed by atoms with Crippen molar-refractivity contribution in [1.82, 2.24) is 0 Å². The second kappa shape index (κ2) is 5.15. The van der Waals surface area contributed by atoms with Gasteiger partial charge < -0.3 is 14.2 Å². The molecule has 16 heavy (non-hydrogen) atoms. The minimum absolute atomic E-state index is 0.0595. The Morgan fingerprint density at radius 3 is 2.31 bits per heavy atom. The zero-order valence-electron chi connectivity index (χ0n) is 10.7. The zero-order chi connectivity index (χ0) is 12.2. The van der Waals surface area contributed by atoms with E-state index in [0.717, 1.165) is 6.42 Å². The largest absolute Gasteiger partial charge is 0.469 e. The SMILES string of the molecule is CCC1(CCC(=O)OC)OCC(C)(C)CO1. The van der Waals surface area contributed by atoms with Crippen LogP contribution >= 0.6 is 0 Å². The molecule has 1 saturated heterocycles. The third-order valence-corrected chi connectivity index (χ3v) is 2.93. The van der Waals surface area contributed by atoms with Crippen LogP contribution in [-0.4, -0.2) is 32.1 Å². The Morgan fingerprint density at radius 2 is 1.88 bits per heavy atom. The fraction of sp³-hybridized carbons (Fsp3) is 0.917. The van der Waals surface area contributed by atoms with Crippen LogP contribution in [0.3, 0.4) is 0 Å². The summed E-state index contributed by atoms with van der Waals surface area (Å²) in [7, 11) is 1.40. The summed E-state index contributed by atoms with van der Waals surface area (Å²) in [5, 5.41) is 0. The second-order valence-corrected chi connectivity index (χ2v) is 5.08. The normalized spacial score (nSPS) is 22.8. The van der Waals surface area contributed by atoms with Crippen molar-refractivity contribution >= 4 is 5.97 Å². The lowest BCUT2D eigenvalue weighted by Crippen LogP contribution is -2.47. The molecule has 0 aromatic heterocycles. The van der Waals surface area contributed by atoms with E-state index >= 15 is 0 Å². The predicted molar refractivity (Wildman–Crippen MR) is 60.0 cm³/mol. The van der Waals surface area contributed by atoms with Crippen molar-refractivity contribution in [2.45, 2.75) is 45.8 Å². The molecule has 0 unspecified atom stereocenters. The van der Waals surface area contributed by atoms with Crippen molar-refractivity contribution in [1.29, 1.82) is 0 Å². The molecule has 1 fully saturated rings. The molecular weight excluding hydrogens is 208 g/mol. The molecule has 0 N–H and O–H groups in total. The van der Waals surface area contributed by atoms with Crippen molar-refractivity contribution in [3.8, 4) is 0 Å². The topological polar surface area (TPSA) is 44.8 Å². The minimum atomic E-state index is -0.594. The number of esters is 1. The quantitative estimate of drug-likeness (QED) is 0.694. The van der Waals surface area contributed by atoms with E-state index in [-0.39, 0.29) is 11.4 Å². The highest BCUT2D eigenvalue weighted by Crippen LogP contribution is 2.34. The lowest BCUT2D eigenvalue weighted by Gasteiger charge is -2.43. The third kappa shape index (κ3) is 3.46. The van der Waals surface area contributed by atoms with E-state index < -0.39 is 5.79 Å². The highest BCUT2D eigenvalue weighted by atomic mass is 16.7. The second-order valence-electron chi connectivity index (χ2n) is 5.08. The van der Waals surface area contributed by atoms with Gasteiger partial charge in [-0.3, -0.25) is 4.79 Å². The molecule has 0 aliphatic carbocycles. The highest BCUT2D eigenvalue weighted by molar-refractivity contribution is 5.69. The van der Waals surface area contributed by atoms with Crippen LogP contribution in [-0.2, 0) is 19.0 Å². The summed E-state index contributed by atoms with van der Waals surface area (Å²) < 4.78 is 16.2. The molecule has 1 rings (SSSR count). The van der Waals surface area contributed by atoms with Gasteiger partial charge in [0.2, 0.25) is 0 Å². The molecule has 94 valence electrons. The van der Waals surface area contributed by atoms with Crippen molar-refractivity contribution in [2.24, 2.45) is 5.41 Å². The van der Waals surface area contributed by atoms with Gasteiger partial charge in [-0.1, -0.05) is 20.8 Å². The summed E-state index contributed by atoms with van der Waals surface area (Å²) >= 11 is 0. The van der Waals surface area contributed by atoms with Gasteiger partial charge in [-0.2, -0.15) is 0 Å². The van der Waals surface area contributed by atoms with Crippen molar-refractivity contribution in [3.63, 3.8) is 0 Å². The molecule has 1 heterocycles. The Labute approximate surface area is 97.2 Å². The van der Waals surface area contributed by atoms with Crippen molar-refractivity contribution in [2.75, 3.05) is 20.3 Å². The fourth-order valence-corrected chi connectivity index (χ4v) is 1.66. The first kappa shape index (κ1) is 13.5. The standard InChI is InChI=1S/C12H22O4/c1-5-12(7-6-10(13)14-4)15-8-11(2,3)9-16-12/h5-9H2,1-4H3. The van der Waals surface area contributed by atoms with E-state index in [9.17, 15) is 4.79 Å². The van der Waals surface area contributed by atoms with E-state index in [2.05, 4.69) is 18.6 Å². The van der Waals surface area contributed by atoms with Gasteiger partial charge in [0.15, 0.2) is 5.79 Å². The van der Waals surface area contributed by atoms with Gasteiger partial charge >= 0.3 is 5.97 Å². The Balaban J connectivity index is 2.49. The Hall–Kier alpha value is -0.610. The minimum Gasteiger partial charge on any atom is -0.469 e. The van der Waals surface area contributed by atoms with Gasteiger partial charge in [0.25, 0.3) is 0 Å². The first-order valence-electron chi connectivity index (χ1n) is 5.78. The lowest BCUT2D eigenvalue weighted by atomic mass is 9.93. The van der Waals surface area contributed by atoms with E-state index in [0.29, 0.717) is 26.1 Å². The average Bonchev–Trinajstić information content (AvgIpc) is 2.28. The molecule has 0 radical (unpaired) electrons. The van der Waals surface area contributed by atoms with E-state index in [1.807, 2.05) is 6.92 Å². The predicted octanol–water partition coefficient (Wildman–Crippen LogP) is 2.12. The Kier molecular flexibility index (Phi) is 4.33. The van der Waals surface area contributed by atoms with Gasteiger partial charge in [-0.05, 0) is 6.42 Å². The molecule has 0 aromatic carbocycles. The number of carbonyl (C=O) groups is 1. The maximum Gasteiger partial charge on any atom is 0.305 e. The maximum absolute atomic E-state index is 11.1. The molecule has 0 aromatic rings. The fourth-order valence-electron chi connectivity index (χ4n) is 1.66. The number of hydrogen-bond donors (Lipinski definition) is 0. The lowest BCUT2D eigenvalue weighted by molar-refractivity contribution is -0.302. The molecule has 0 saturated carbocycles. The van der Waals surface area contributed by atoms with Crippen LogP contribution < -0.4 is 0 Å². The number of carbonyl (C=O) groups excluding carboxylic acids is 1. The van der Waals surface area contributed by atoms with E-state index in [4.69, 9.17) is 9.47 Å². The van der Waals surface area contributed by atoms with E-state index in [1.165, 1.54) is 7.11 Å². The van der Waals surface area contributed by atoms with Gasteiger partial charge in [0.05, 0.1) is 26.7 Å². The van der Waals surface area contributed by atoms with Crippen LogP contribution in [0.25, 0.3) is 0 Å². The van der Waals surface area contributed by atoms with Crippen molar-refractivity contribution < 1.29 is 19.0 Å². The summed E-state index contributed by atoms with van der Waals surface area (Å²) in [5.74, 6) is -0.811. The third-order valence-electron chi connectivity index (χ3n) is 2.93. The number of methoxy groups -OCH3 is 1.